The first-order valence-corrected chi connectivity index (χ1v) is 9.68. The van der Waals surface area contributed by atoms with Crippen LogP contribution in [0.4, 0.5) is 0 Å². The molecule has 0 aliphatic rings. The van der Waals surface area contributed by atoms with E-state index < -0.39 is 6.04 Å². The number of amides is 1. The Kier molecular flexibility index (Phi) is 4.32. The summed E-state index contributed by atoms with van der Waals surface area (Å²) >= 11 is 0. The van der Waals surface area contributed by atoms with E-state index >= 15 is 0 Å². The minimum Gasteiger partial charge on any atom is -0.459 e. The van der Waals surface area contributed by atoms with Crippen LogP contribution in [0.15, 0.2) is 75.7 Å². The smallest absolute Gasteiger partial charge is 0.258 e. The van der Waals surface area contributed by atoms with Crippen LogP contribution >= 0.6 is 0 Å². The summed E-state index contributed by atoms with van der Waals surface area (Å²) in [6.07, 6.45) is 0. The molecule has 0 aliphatic carbocycles. The van der Waals surface area contributed by atoms with E-state index in [1.165, 1.54) is 0 Å². The number of aromatic nitrogens is 2. The van der Waals surface area contributed by atoms with E-state index in [0.29, 0.717) is 33.8 Å². The summed E-state index contributed by atoms with van der Waals surface area (Å²) < 4.78 is 11.4. The van der Waals surface area contributed by atoms with Crippen molar-refractivity contribution >= 4 is 28.0 Å². The molecule has 3 aromatic heterocycles. The third-order valence-electron chi connectivity index (χ3n) is 5.13. The van der Waals surface area contributed by atoms with Crippen molar-refractivity contribution in [2.45, 2.75) is 19.9 Å². The van der Waals surface area contributed by atoms with E-state index in [1.807, 2.05) is 67.6 Å². The largest absolute Gasteiger partial charge is 0.459 e. The molecule has 0 aliphatic heterocycles. The third kappa shape index (κ3) is 3.12. The molecule has 0 radical (unpaired) electrons. The van der Waals surface area contributed by atoms with Crippen LogP contribution in [0.3, 0.4) is 0 Å². The summed E-state index contributed by atoms with van der Waals surface area (Å²) in [5, 5.41) is 8.71. The predicted molar refractivity (Wildman–Crippen MR) is 113 cm³/mol. The fraction of sp³-hybridized carbons (Fsp3) is 0.125. The Hall–Kier alpha value is -3.93. The van der Waals surface area contributed by atoms with Gasteiger partial charge in [-0.25, -0.2) is 4.98 Å². The molecule has 30 heavy (non-hydrogen) atoms. The van der Waals surface area contributed by atoms with E-state index in [-0.39, 0.29) is 5.91 Å². The third-order valence-corrected chi connectivity index (χ3v) is 5.13. The van der Waals surface area contributed by atoms with Gasteiger partial charge in [-0.15, -0.1) is 0 Å². The molecule has 6 heteroatoms. The zero-order valence-electron chi connectivity index (χ0n) is 16.5. The van der Waals surface area contributed by atoms with E-state index in [2.05, 4.69) is 15.5 Å². The average Bonchev–Trinajstić information content (AvgIpc) is 3.35. The molecule has 5 rings (SSSR count). The lowest BCUT2D eigenvalue weighted by atomic mass is 10.0. The Labute approximate surface area is 172 Å². The van der Waals surface area contributed by atoms with E-state index in [0.717, 1.165) is 16.5 Å². The van der Waals surface area contributed by atoms with Gasteiger partial charge in [0.2, 0.25) is 0 Å². The van der Waals surface area contributed by atoms with Crippen molar-refractivity contribution in [1.29, 1.82) is 0 Å². The molecule has 6 nitrogen and oxygen atoms in total. The Morgan fingerprint density at radius 1 is 1.00 bits per heavy atom. The van der Waals surface area contributed by atoms with Crippen molar-refractivity contribution < 1.29 is 13.7 Å². The zero-order chi connectivity index (χ0) is 20.7. The summed E-state index contributed by atoms with van der Waals surface area (Å²) in [5.74, 6) is 0.422. The number of carbonyl (C=O) groups excluding carboxylic acids is 1. The van der Waals surface area contributed by atoms with Crippen molar-refractivity contribution in [2.24, 2.45) is 0 Å². The second-order valence-corrected chi connectivity index (χ2v) is 7.26. The second kappa shape index (κ2) is 7.15. The van der Waals surface area contributed by atoms with Gasteiger partial charge < -0.3 is 14.3 Å². The van der Waals surface area contributed by atoms with Crippen LogP contribution in [0.2, 0.25) is 0 Å². The van der Waals surface area contributed by atoms with Crippen LogP contribution < -0.4 is 5.32 Å². The summed E-state index contributed by atoms with van der Waals surface area (Å²) in [6, 6.07) is 20.8. The lowest BCUT2D eigenvalue weighted by Gasteiger charge is -2.17. The lowest BCUT2D eigenvalue weighted by Crippen LogP contribution is -2.29. The standard InChI is InChI=1S/C24H19N3O3/c1-14-12-18(21-15(2)27-30-24(21)25-14)23(28)26-22(16-8-4-3-5-9-16)20-13-17-10-6-7-11-19(17)29-20/h3-13,22H,1-2H3,(H,26,28). The summed E-state index contributed by atoms with van der Waals surface area (Å²) in [4.78, 5) is 17.7. The number of fused-ring (bicyclic) bond motifs is 2. The number of rotatable bonds is 4. The van der Waals surface area contributed by atoms with Gasteiger partial charge in [0, 0.05) is 11.1 Å². The van der Waals surface area contributed by atoms with Gasteiger partial charge in [0.1, 0.15) is 17.4 Å². The van der Waals surface area contributed by atoms with E-state index in [4.69, 9.17) is 8.94 Å². The van der Waals surface area contributed by atoms with Gasteiger partial charge in [-0.05, 0) is 37.6 Å². The molecule has 0 bridgehead atoms. The first kappa shape index (κ1) is 18.1. The molecule has 0 saturated heterocycles. The average molecular weight is 397 g/mol. The molecule has 1 N–H and O–H groups in total. The molecule has 1 amide bonds. The number of nitrogens with one attached hydrogen (secondary N) is 1. The number of nitrogens with zero attached hydrogens (tertiary/aromatic N) is 2. The fourth-order valence-electron chi connectivity index (χ4n) is 3.71. The number of benzene rings is 2. The lowest BCUT2D eigenvalue weighted by molar-refractivity contribution is 0.0940. The highest BCUT2D eigenvalue weighted by atomic mass is 16.5. The van der Waals surface area contributed by atoms with Gasteiger partial charge in [0.25, 0.3) is 11.6 Å². The van der Waals surface area contributed by atoms with Gasteiger partial charge in [-0.3, -0.25) is 4.79 Å². The summed E-state index contributed by atoms with van der Waals surface area (Å²) in [7, 11) is 0. The first-order chi connectivity index (χ1) is 14.6. The van der Waals surface area contributed by atoms with Crippen LogP contribution in [-0.2, 0) is 0 Å². The van der Waals surface area contributed by atoms with Crippen LogP contribution in [0.5, 0.6) is 0 Å². The van der Waals surface area contributed by atoms with Crippen molar-refractivity contribution in [1.82, 2.24) is 15.5 Å². The molecule has 3 heterocycles. The monoisotopic (exact) mass is 397 g/mol. The minimum atomic E-state index is -0.449. The minimum absolute atomic E-state index is 0.244. The van der Waals surface area contributed by atoms with Crippen LogP contribution in [0.1, 0.15) is 39.1 Å². The normalized spacial score (nSPS) is 12.3. The maximum atomic E-state index is 13.4. The number of carbonyl (C=O) groups is 1. The van der Waals surface area contributed by atoms with Crippen LogP contribution in [0.25, 0.3) is 22.1 Å². The number of furan rings is 1. The maximum absolute atomic E-state index is 13.4. The first-order valence-electron chi connectivity index (χ1n) is 9.68. The van der Waals surface area contributed by atoms with E-state index in [1.54, 1.807) is 13.0 Å². The van der Waals surface area contributed by atoms with Gasteiger partial charge in [0.15, 0.2) is 0 Å². The molecule has 0 spiro atoms. The van der Waals surface area contributed by atoms with Crippen LogP contribution in [-0.4, -0.2) is 16.0 Å². The number of para-hydroxylation sites is 1. The maximum Gasteiger partial charge on any atom is 0.258 e. The van der Waals surface area contributed by atoms with Crippen molar-refractivity contribution in [2.75, 3.05) is 0 Å². The Morgan fingerprint density at radius 3 is 2.57 bits per heavy atom. The number of hydrogen-bond acceptors (Lipinski definition) is 5. The van der Waals surface area contributed by atoms with Gasteiger partial charge in [-0.1, -0.05) is 53.7 Å². The van der Waals surface area contributed by atoms with Crippen LogP contribution in [0, 0.1) is 13.8 Å². The molecule has 5 aromatic rings. The quantitative estimate of drug-likeness (QED) is 0.456. The Balaban J connectivity index is 1.59. The van der Waals surface area contributed by atoms with Gasteiger partial charge in [-0.2, -0.15) is 0 Å². The molecule has 2 aromatic carbocycles. The molecule has 148 valence electrons. The summed E-state index contributed by atoms with van der Waals surface area (Å²) in [6.45, 7) is 3.62. The topological polar surface area (TPSA) is 81.2 Å². The second-order valence-electron chi connectivity index (χ2n) is 7.26. The molecule has 1 unspecified atom stereocenters. The van der Waals surface area contributed by atoms with Gasteiger partial charge >= 0.3 is 0 Å². The number of aryl methyl sites for hydroxylation is 2. The number of hydrogen-bond donors (Lipinski definition) is 1. The highest BCUT2D eigenvalue weighted by molar-refractivity contribution is 6.06. The fourth-order valence-corrected chi connectivity index (χ4v) is 3.71. The molecular weight excluding hydrogens is 378 g/mol. The zero-order valence-corrected chi connectivity index (χ0v) is 16.5. The molecular formula is C24H19N3O3. The predicted octanol–water partition coefficient (Wildman–Crippen LogP) is 5.11. The molecule has 1 atom stereocenters. The highest BCUT2D eigenvalue weighted by Gasteiger charge is 2.24. The SMILES string of the molecule is Cc1cc(C(=O)NC(c2ccccc2)c2cc3ccccc3o2)c2c(C)noc2n1. The van der Waals surface area contributed by atoms with Gasteiger partial charge in [0.05, 0.1) is 16.6 Å². The van der Waals surface area contributed by atoms with Crippen molar-refractivity contribution in [3.63, 3.8) is 0 Å². The molecule has 0 saturated carbocycles. The van der Waals surface area contributed by atoms with E-state index in [9.17, 15) is 4.79 Å². The summed E-state index contributed by atoms with van der Waals surface area (Å²) in [5.41, 5.74) is 3.85. The molecule has 0 fully saturated rings. The Bertz CT molecular complexity index is 1340. The van der Waals surface area contributed by atoms with Crippen molar-refractivity contribution in [3.05, 3.63) is 95.0 Å². The number of pyridine rings is 1. The highest BCUT2D eigenvalue weighted by Crippen LogP contribution is 2.29. The Morgan fingerprint density at radius 2 is 1.77 bits per heavy atom. The van der Waals surface area contributed by atoms with Crippen molar-refractivity contribution in [3.8, 4) is 0 Å².